The van der Waals surface area contributed by atoms with Gasteiger partial charge < -0.3 is 10.2 Å². The minimum atomic E-state index is 0.319. The van der Waals surface area contributed by atoms with Gasteiger partial charge in [-0.2, -0.15) is 0 Å². The molecule has 2 rings (SSSR count). The summed E-state index contributed by atoms with van der Waals surface area (Å²) in [6.45, 7) is 6.45. The predicted molar refractivity (Wildman–Crippen MR) is 74.3 cm³/mol. The summed E-state index contributed by atoms with van der Waals surface area (Å²) in [5.74, 6) is 2.15. The van der Waals surface area contributed by atoms with E-state index in [1.807, 2.05) is 7.05 Å². The van der Waals surface area contributed by atoms with E-state index >= 15 is 0 Å². The van der Waals surface area contributed by atoms with E-state index in [9.17, 15) is 4.79 Å². The van der Waals surface area contributed by atoms with Crippen LogP contribution >= 0.6 is 0 Å². The van der Waals surface area contributed by atoms with Crippen molar-refractivity contribution < 1.29 is 4.79 Å². The first-order valence-corrected chi connectivity index (χ1v) is 7.58. The van der Waals surface area contributed by atoms with E-state index in [1.165, 1.54) is 12.8 Å². The highest BCUT2D eigenvalue weighted by Gasteiger charge is 2.32. The SMILES string of the molecule is CNC1CCN(C(=O)C2CCC(C)CC2)CC1C. The Morgan fingerprint density at radius 2 is 1.78 bits per heavy atom. The minimum absolute atomic E-state index is 0.319. The van der Waals surface area contributed by atoms with Crippen LogP contribution in [0.2, 0.25) is 0 Å². The van der Waals surface area contributed by atoms with E-state index < -0.39 is 0 Å². The summed E-state index contributed by atoms with van der Waals surface area (Å²) < 4.78 is 0. The average Bonchev–Trinajstić information content (AvgIpc) is 2.38. The number of carbonyl (C=O) groups excluding carboxylic acids is 1. The smallest absolute Gasteiger partial charge is 0.225 e. The summed E-state index contributed by atoms with van der Waals surface area (Å²) >= 11 is 0. The number of rotatable bonds is 2. The normalized spacial score (nSPS) is 37.6. The Labute approximate surface area is 111 Å². The Hall–Kier alpha value is -0.570. The van der Waals surface area contributed by atoms with Crippen LogP contribution < -0.4 is 5.32 Å². The lowest BCUT2D eigenvalue weighted by Crippen LogP contribution is -2.50. The molecule has 3 heteroatoms. The van der Waals surface area contributed by atoms with Crippen molar-refractivity contribution in [1.82, 2.24) is 10.2 Å². The third kappa shape index (κ3) is 3.05. The summed E-state index contributed by atoms with van der Waals surface area (Å²) in [6, 6.07) is 0.584. The molecule has 2 unspecified atom stereocenters. The molecule has 1 saturated heterocycles. The zero-order chi connectivity index (χ0) is 13.1. The molecule has 3 nitrogen and oxygen atoms in total. The number of amides is 1. The van der Waals surface area contributed by atoms with Crippen LogP contribution in [0.25, 0.3) is 0 Å². The lowest BCUT2D eigenvalue weighted by molar-refractivity contribution is -0.138. The van der Waals surface area contributed by atoms with Crippen molar-refractivity contribution in [3.05, 3.63) is 0 Å². The van der Waals surface area contributed by atoms with Gasteiger partial charge in [-0.15, -0.1) is 0 Å². The van der Waals surface area contributed by atoms with E-state index in [2.05, 4.69) is 24.1 Å². The third-order valence-corrected chi connectivity index (χ3v) is 4.95. The topological polar surface area (TPSA) is 32.3 Å². The average molecular weight is 252 g/mol. The number of nitrogens with zero attached hydrogens (tertiary/aromatic N) is 1. The number of hydrogen-bond acceptors (Lipinski definition) is 2. The Bertz CT molecular complexity index is 284. The van der Waals surface area contributed by atoms with Crippen molar-refractivity contribution in [2.75, 3.05) is 20.1 Å². The summed E-state index contributed by atoms with van der Waals surface area (Å²) in [7, 11) is 2.03. The molecule has 1 aliphatic carbocycles. The molecule has 1 saturated carbocycles. The Morgan fingerprint density at radius 1 is 1.11 bits per heavy atom. The van der Waals surface area contributed by atoms with Crippen LogP contribution in [0.3, 0.4) is 0 Å². The van der Waals surface area contributed by atoms with Gasteiger partial charge in [0, 0.05) is 25.0 Å². The number of carbonyl (C=O) groups is 1. The van der Waals surface area contributed by atoms with E-state index in [1.54, 1.807) is 0 Å². The van der Waals surface area contributed by atoms with Gasteiger partial charge in [-0.25, -0.2) is 0 Å². The molecule has 1 aliphatic heterocycles. The van der Waals surface area contributed by atoms with Crippen LogP contribution in [0.5, 0.6) is 0 Å². The Kier molecular flexibility index (Phi) is 4.66. The lowest BCUT2D eigenvalue weighted by Gasteiger charge is -2.39. The summed E-state index contributed by atoms with van der Waals surface area (Å²) in [6.07, 6.45) is 5.80. The maximum absolute atomic E-state index is 12.5. The zero-order valence-electron chi connectivity index (χ0n) is 12.1. The first-order valence-electron chi connectivity index (χ1n) is 7.58. The third-order valence-electron chi connectivity index (χ3n) is 4.95. The molecule has 0 aromatic carbocycles. The van der Waals surface area contributed by atoms with Gasteiger partial charge >= 0.3 is 0 Å². The molecule has 0 bridgehead atoms. The lowest BCUT2D eigenvalue weighted by atomic mass is 9.81. The molecule has 1 N–H and O–H groups in total. The number of piperidine rings is 1. The molecule has 0 radical (unpaired) electrons. The Balaban J connectivity index is 1.86. The molecule has 2 atom stereocenters. The molecular weight excluding hydrogens is 224 g/mol. The van der Waals surface area contributed by atoms with Gasteiger partial charge in [-0.1, -0.05) is 13.8 Å². The monoisotopic (exact) mass is 252 g/mol. The van der Waals surface area contributed by atoms with Crippen molar-refractivity contribution >= 4 is 5.91 Å². The standard InChI is InChI=1S/C15H28N2O/c1-11-4-6-13(7-5-11)15(18)17-9-8-14(16-3)12(2)10-17/h11-14,16H,4-10H2,1-3H3. The molecule has 0 aromatic heterocycles. The highest BCUT2D eigenvalue weighted by molar-refractivity contribution is 5.79. The first kappa shape index (κ1) is 13.9. The van der Waals surface area contributed by atoms with Gasteiger partial charge in [-0.3, -0.25) is 4.79 Å². The van der Waals surface area contributed by atoms with Crippen LogP contribution in [0.4, 0.5) is 0 Å². The van der Waals surface area contributed by atoms with Crippen LogP contribution in [0, 0.1) is 17.8 Å². The largest absolute Gasteiger partial charge is 0.342 e. The van der Waals surface area contributed by atoms with Gasteiger partial charge in [0.05, 0.1) is 0 Å². The minimum Gasteiger partial charge on any atom is -0.342 e. The van der Waals surface area contributed by atoms with Crippen molar-refractivity contribution in [2.24, 2.45) is 17.8 Å². The molecular formula is C15H28N2O. The number of likely N-dealkylation sites (tertiary alicyclic amines) is 1. The van der Waals surface area contributed by atoms with Gasteiger partial charge in [0.1, 0.15) is 0 Å². The molecule has 1 heterocycles. The van der Waals surface area contributed by atoms with Crippen LogP contribution in [-0.2, 0) is 4.79 Å². The van der Waals surface area contributed by atoms with Crippen LogP contribution in [0.1, 0.15) is 46.0 Å². The fourth-order valence-corrected chi connectivity index (χ4v) is 3.54. The quantitative estimate of drug-likeness (QED) is 0.817. The van der Waals surface area contributed by atoms with E-state index in [0.717, 1.165) is 38.3 Å². The van der Waals surface area contributed by atoms with Crippen molar-refractivity contribution in [3.63, 3.8) is 0 Å². The predicted octanol–water partition coefficient (Wildman–Crippen LogP) is 2.27. The number of hydrogen-bond donors (Lipinski definition) is 1. The first-order chi connectivity index (χ1) is 8.61. The molecule has 2 fully saturated rings. The van der Waals surface area contributed by atoms with Crippen LogP contribution in [0.15, 0.2) is 0 Å². The van der Waals surface area contributed by atoms with Gasteiger partial charge in [0.25, 0.3) is 0 Å². The second kappa shape index (κ2) is 6.05. The number of nitrogens with one attached hydrogen (secondary N) is 1. The highest BCUT2D eigenvalue weighted by Crippen LogP contribution is 2.30. The van der Waals surface area contributed by atoms with Crippen molar-refractivity contribution in [1.29, 1.82) is 0 Å². The molecule has 104 valence electrons. The fraction of sp³-hybridized carbons (Fsp3) is 0.933. The van der Waals surface area contributed by atoms with E-state index in [4.69, 9.17) is 0 Å². The molecule has 18 heavy (non-hydrogen) atoms. The maximum atomic E-state index is 12.5. The van der Waals surface area contributed by atoms with Gasteiger partial charge in [0.2, 0.25) is 5.91 Å². The highest BCUT2D eigenvalue weighted by atomic mass is 16.2. The second-order valence-electron chi connectivity index (χ2n) is 6.40. The Morgan fingerprint density at radius 3 is 2.33 bits per heavy atom. The maximum Gasteiger partial charge on any atom is 0.225 e. The van der Waals surface area contributed by atoms with Gasteiger partial charge in [-0.05, 0) is 51.0 Å². The van der Waals surface area contributed by atoms with E-state index in [-0.39, 0.29) is 0 Å². The van der Waals surface area contributed by atoms with Crippen molar-refractivity contribution in [2.45, 2.75) is 52.0 Å². The van der Waals surface area contributed by atoms with Crippen LogP contribution in [-0.4, -0.2) is 37.0 Å². The van der Waals surface area contributed by atoms with Crippen molar-refractivity contribution in [3.8, 4) is 0 Å². The second-order valence-corrected chi connectivity index (χ2v) is 6.40. The summed E-state index contributed by atoms with van der Waals surface area (Å²) in [4.78, 5) is 14.6. The fourth-order valence-electron chi connectivity index (χ4n) is 3.54. The summed E-state index contributed by atoms with van der Waals surface area (Å²) in [5.41, 5.74) is 0. The van der Waals surface area contributed by atoms with E-state index in [0.29, 0.717) is 23.8 Å². The zero-order valence-corrected chi connectivity index (χ0v) is 12.1. The molecule has 1 amide bonds. The van der Waals surface area contributed by atoms with Gasteiger partial charge in [0.15, 0.2) is 0 Å². The molecule has 2 aliphatic rings. The summed E-state index contributed by atoms with van der Waals surface area (Å²) in [5, 5.41) is 3.36. The molecule has 0 spiro atoms. The molecule has 0 aromatic rings.